The highest BCUT2D eigenvalue weighted by atomic mass is 14.7. The molecule has 0 saturated carbocycles. The first-order chi connectivity index (χ1) is 31.8. The summed E-state index contributed by atoms with van der Waals surface area (Å²) in [5.41, 5.74) is 20.8. The smallest absolute Gasteiger partial charge is 0.0702 e. The van der Waals surface area contributed by atoms with Gasteiger partial charge in [0.05, 0.1) is 5.69 Å². The number of benzene rings is 9. The summed E-state index contributed by atoms with van der Waals surface area (Å²) in [6.45, 7) is 0. The van der Waals surface area contributed by atoms with Gasteiger partial charge in [-0.25, -0.2) is 0 Å². The lowest BCUT2D eigenvalue weighted by Crippen LogP contribution is -1.97. The molecule has 10 aromatic rings. The van der Waals surface area contributed by atoms with Gasteiger partial charge in [0.2, 0.25) is 0 Å². The van der Waals surface area contributed by atoms with Crippen LogP contribution in [0.15, 0.2) is 273 Å². The van der Waals surface area contributed by atoms with Crippen LogP contribution in [0.5, 0.6) is 0 Å². The van der Waals surface area contributed by atoms with Crippen LogP contribution in [0.3, 0.4) is 0 Å². The van der Waals surface area contributed by atoms with Gasteiger partial charge in [0.15, 0.2) is 0 Å². The summed E-state index contributed by atoms with van der Waals surface area (Å²) in [5, 5.41) is 0. The van der Waals surface area contributed by atoms with E-state index in [-0.39, 0.29) is 0 Å². The largest absolute Gasteiger partial charge is 0.256 e. The number of hydrogen-bond donors (Lipinski definition) is 0. The zero-order valence-corrected chi connectivity index (χ0v) is 35.4. The van der Waals surface area contributed by atoms with Gasteiger partial charge in [0.25, 0.3) is 0 Å². The Morgan fingerprint density at radius 1 is 0.188 bits per heavy atom. The van der Waals surface area contributed by atoms with Crippen LogP contribution in [0.25, 0.3) is 55.8 Å². The normalized spacial score (nSPS) is 10.8. The van der Waals surface area contributed by atoms with Gasteiger partial charge >= 0.3 is 0 Å². The monoisotopic (exact) mass is 815 g/mol. The fraction of sp³-hybridized carbons (Fsp3) is 0. The van der Waals surface area contributed by atoms with E-state index >= 15 is 0 Å². The van der Waals surface area contributed by atoms with Crippen molar-refractivity contribution in [1.29, 1.82) is 0 Å². The van der Waals surface area contributed by atoms with E-state index in [2.05, 4.69) is 267 Å². The van der Waals surface area contributed by atoms with Crippen molar-refractivity contribution in [3.63, 3.8) is 0 Å². The minimum absolute atomic E-state index is 0.943. The van der Waals surface area contributed by atoms with Crippen LogP contribution < -0.4 is 0 Å². The van der Waals surface area contributed by atoms with Gasteiger partial charge in [-0.05, 0) is 89.6 Å². The highest BCUT2D eigenvalue weighted by molar-refractivity contribution is 6.06. The molecule has 0 amide bonds. The Morgan fingerprint density at radius 3 is 0.672 bits per heavy atom. The van der Waals surface area contributed by atoms with Crippen LogP contribution >= 0.6 is 0 Å². The summed E-state index contributed by atoms with van der Waals surface area (Å²) in [5.74, 6) is 0. The second-order valence-electron chi connectivity index (χ2n) is 15.9. The SMILES string of the molecule is c1ccc(C(=C(c2ccccc2)c2ccc(-c3ccc(-c4ccc(-c5ccc(C(=C(c6ccccc6)c6ccccc6)c6ccccc6)cc5)cn4)cc3)cc2)c2ccccc2)cc1. The number of nitrogens with zero attached hydrogens (tertiary/aromatic N) is 1. The van der Waals surface area contributed by atoms with E-state index < -0.39 is 0 Å². The Morgan fingerprint density at radius 2 is 0.406 bits per heavy atom. The molecular weight excluding hydrogens is 771 g/mol. The van der Waals surface area contributed by atoms with Gasteiger partial charge in [-0.1, -0.05) is 261 Å². The van der Waals surface area contributed by atoms with Gasteiger partial charge in [0.1, 0.15) is 0 Å². The van der Waals surface area contributed by atoms with Gasteiger partial charge in [-0.2, -0.15) is 0 Å². The molecule has 0 atom stereocenters. The molecule has 0 radical (unpaired) electrons. The molecule has 302 valence electrons. The number of pyridine rings is 1. The van der Waals surface area contributed by atoms with Gasteiger partial charge < -0.3 is 0 Å². The molecule has 1 heterocycles. The van der Waals surface area contributed by atoms with E-state index in [9.17, 15) is 0 Å². The molecule has 64 heavy (non-hydrogen) atoms. The fourth-order valence-electron chi connectivity index (χ4n) is 8.68. The summed E-state index contributed by atoms with van der Waals surface area (Å²) in [6, 6.07) is 95.2. The van der Waals surface area contributed by atoms with E-state index in [1.54, 1.807) is 0 Å². The molecule has 9 aromatic carbocycles. The van der Waals surface area contributed by atoms with Crippen LogP contribution in [0, 0.1) is 0 Å². The second kappa shape index (κ2) is 18.7. The van der Waals surface area contributed by atoms with Crippen molar-refractivity contribution in [2.75, 3.05) is 0 Å². The molecule has 0 N–H and O–H groups in total. The summed E-state index contributed by atoms with van der Waals surface area (Å²) < 4.78 is 0. The molecule has 0 saturated heterocycles. The molecule has 0 fully saturated rings. The summed E-state index contributed by atoms with van der Waals surface area (Å²) >= 11 is 0. The Bertz CT molecular complexity index is 2830. The maximum absolute atomic E-state index is 4.95. The van der Waals surface area contributed by atoms with Crippen LogP contribution in [0.4, 0.5) is 0 Å². The quantitative estimate of drug-likeness (QED) is 0.119. The van der Waals surface area contributed by atoms with Crippen molar-refractivity contribution < 1.29 is 0 Å². The average molecular weight is 816 g/mol. The summed E-state index contributed by atoms with van der Waals surface area (Å²) in [6.07, 6.45) is 1.99. The third-order valence-corrected chi connectivity index (χ3v) is 11.8. The Labute approximate surface area is 376 Å². The van der Waals surface area contributed by atoms with Crippen molar-refractivity contribution in [3.8, 4) is 33.5 Å². The molecule has 1 aromatic heterocycles. The minimum Gasteiger partial charge on any atom is -0.256 e. The predicted molar refractivity (Wildman–Crippen MR) is 269 cm³/mol. The lowest BCUT2D eigenvalue weighted by molar-refractivity contribution is 1.32. The van der Waals surface area contributed by atoms with E-state index in [4.69, 9.17) is 4.98 Å². The molecule has 10 rings (SSSR count). The first kappa shape index (κ1) is 39.7. The molecule has 1 nitrogen and oxygen atoms in total. The van der Waals surface area contributed by atoms with Crippen molar-refractivity contribution in [2.24, 2.45) is 0 Å². The third-order valence-electron chi connectivity index (χ3n) is 11.8. The highest BCUT2D eigenvalue weighted by Crippen LogP contribution is 2.39. The van der Waals surface area contributed by atoms with Gasteiger partial charge in [0, 0.05) is 17.3 Å². The number of rotatable bonds is 11. The van der Waals surface area contributed by atoms with Crippen LogP contribution in [-0.4, -0.2) is 4.98 Å². The molecule has 1 heteroatoms. The van der Waals surface area contributed by atoms with Crippen LogP contribution in [0.2, 0.25) is 0 Å². The Balaban J connectivity index is 0.920. The second-order valence-corrected chi connectivity index (χ2v) is 15.9. The third kappa shape index (κ3) is 8.57. The number of hydrogen-bond acceptors (Lipinski definition) is 1. The van der Waals surface area contributed by atoms with Crippen molar-refractivity contribution >= 4 is 22.3 Å². The molecule has 0 aliphatic carbocycles. The molecule has 0 aliphatic rings. The average Bonchev–Trinajstić information content (AvgIpc) is 3.39. The summed E-state index contributed by atoms with van der Waals surface area (Å²) in [4.78, 5) is 4.95. The predicted octanol–water partition coefficient (Wildman–Crippen LogP) is 16.1. The first-order valence-corrected chi connectivity index (χ1v) is 21.9. The lowest BCUT2D eigenvalue weighted by Gasteiger charge is -2.18. The standard InChI is InChI=1S/C63H45N/c1-7-19-50(20-8-1)60(51-21-9-2-10-22-51)62(54-27-15-5-16-28-54)56-39-33-47(34-40-56)46-31-37-49(38-32-46)59-44-43-58(45-64-59)48-35-41-57(42-36-48)63(55-29-17-6-18-30-55)61(52-23-11-3-12-24-52)53-25-13-4-14-26-53/h1-45H. The zero-order valence-electron chi connectivity index (χ0n) is 35.4. The van der Waals surface area contributed by atoms with E-state index in [1.807, 2.05) is 6.20 Å². The Kier molecular flexibility index (Phi) is 11.6. The van der Waals surface area contributed by atoms with E-state index in [0.717, 1.165) is 33.5 Å². The van der Waals surface area contributed by atoms with Crippen LogP contribution in [0.1, 0.15) is 44.5 Å². The van der Waals surface area contributed by atoms with E-state index in [1.165, 1.54) is 66.8 Å². The maximum atomic E-state index is 4.95. The van der Waals surface area contributed by atoms with Crippen LogP contribution in [-0.2, 0) is 0 Å². The van der Waals surface area contributed by atoms with Crippen molar-refractivity contribution in [1.82, 2.24) is 4.98 Å². The van der Waals surface area contributed by atoms with Gasteiger partial charge in [-0.15, -0.1) is 0 Å². The molecule has 0 unspecified atom stereocenters. The molecule has 0 spiro atoms. The fourth-order valence-corrected chi connectivity index (χ4v) is 8.68. The number of aromatic nitrogens is 1. The topological polar surface area (TPSA) is 12.9 Å². The van der Waals surface area contributed by atoms with E-state index in [0.29, 0.717) is 0 Å². The van der Waals surface area contributed by atoms with Gasteiger partial charge in [-0.3, -0.25) is 4.98 Å². The summed E-state index contributed by atoms with van der Waals surface area (Å²) in [7, 11) is 0. The zero-order chi connectivity index (χ0) is 42.9. The first-order valence-electron chi connectivity index (χ1n) is 21.9. The van der Waals surface area contributed by atoms with Crippen molar-refractivity contribution in [2.45, 2.75) is 0 Å². The molecular formula is C63H45N. The minimum atomic E-state index is 0.943. The highest BCUT2D eigenvalue weighted by Gasteiger charge is 2.18. The molecule has 0 aliphatic heterocycles. The lowest BCUT2D eigenvalue weighted by atomic mass is 9.85. The molecule has 0 bridgehead atoms. The Hall–Kier alpha value is -8.39. The van der Waals surface area contributed by atoms with Crippen molar-refractivity contribution in [3.05, 3.63) is 318 Å². The maximum Gasteiger partial charge on any atom is 0.0702 e.